The van der Waals surface area contributed by atoms with E-state index < -0.39 is 0 Å². The van der Waals surface area contributed by atoms with Crippen molar-refractivity contribution in [1.82, 2.24) is 39.8 Å². The number of anilines is 3. The first kappa shape index (κ1) is 29.9. The number of carbonyl (C=O) groups excluding carboxylic acids is 1. The summed E-state index contributed by atoms with van der Waals surface area (Å²) in [6.07, 6.45) is 10.3. The van der Waals surface area contributed by atoms with E-state index in [2.05, 4.69) is 41.8 Å². The summed E-state index contributed by atoms with van der Waals surface area (Å²) in [5.74, 6) is 1.94. The summed E-state index contributed by atoms with van der Waals surface area (Å²) < 4.78 is 3.66. The maximum atomic E-state index is 13.8. The highest BCUT2D eigenvalue weighted by molar-refractivity contribution is 5.93. The Bertz CT molecular complexity index is 1870. The number of nitrogens with one attached hydrogen (secondary N) is 2. The minimum absolute atomic E-state index is 0.0243. The number of fused-ring (bicyclic) bond motifs is 1. The molecule has 1 aliphatic heterocycles. The highest BCUT2D eigenvalue weighted by atomic mass is 16.2. The summed E-state index contributed by atoms with van der Waals surface area (Å²) in [4.78, 5) is 31.3. The second kappa shape index (κ2) is 13.3. The number of aryl methyl sites for hydroxylation is 1. The van der Waals surface area contributed by atoms with Crippen LogP contribution in [0.4, 0.5) is 22.2 Å². The molecule has 0 bridgehead atoms. The lowest BCUT2D eigenvalue weighted by atomic mass is 9.90. The first-order chi connectivity index (χ1) is 23.0. The molecule has 47 heavy (non-hydrogen) atoms. The van der Waals surface area contributed by atoms with Gasteiger partial charge in [-0.05, 0) is 48.9 Å². The van der Waals surface area contributed by atoms with Crippen LogP contribution in [0.25, 0.3) is 11.1 Å². The van der Waals surface area contributed by atoms with E-state index in [9.17, 15) is 10.1 Å². The number of amides is 2. The van der Waals surface area contributed by atoms with Crippen LogP contribution in [0.5, 0.6) is 0 Å². The largest absolute Gasteiger partial charge is 0.351 e. The number of urea groups is 1. The zero-order valence-electron chi connectivity index (χ0n) is 26.2. The molecule has 2 aliphatic rings. The molecule has 238 valence electrons. The number of carbonyl (C=O) groups is 1. The molecule has 0 spiro atoms. The molecule has 1 fully saturated rings. The van der Waals surface area contributed by atoms with Crippen LogP contribution in [-0.4, -0.2) is 59.2 Å². The fourth-order valence-electron chi connectivity index (χ4n) is 6.40. The van der Waals surface area contributed by atoms with E-state index in [-0.39, 0.29) is 18.1 Å². The first-order valence-electron chi connectivity index (χ1n) is 15.9. The number of nitriles is 1. The number of benzene rings is 2. The molecule has 4 heterocycles. The molecule has 2 amide bonds. The van der Waals surface area contributed by atoms with Gasteiger partial charge in [0.15, 0.2) is 5.82 Å². The quantitative estimate of drug-likeness (QED) is 0.254. The van der Waals surface area contributed by atoms with Gasteiger partial charge in [0.05, 0.1) is 25.5 Å². The number of hydrogen-bond acceptors (Lipinski definition) is 9. The van der Waals surface area contributed by atoms with Crippen molar-refractivity contribution in [2.75, 3.05) is 21.7 Å². The van der Waals surface area contributed by atoms with Gasteiger partial charge in [0.2, 0.25) is 5.95 Å². The van der Waals surface area contributed by atoms with Gasteiger partial charge in [0.1, 0.15) is 23.8 Å². The SMILES string of the molecule is Cn1cc(-c2ccc(N(C(=O)NCc3ccccc3)[C@H]3CC[C@H](Nc4ncc(C#N)c(N5CCn6ncnc6C5)n4)CC3)cc2)cn1. The molecule has 13 nitrogen and oxygen atoms in total. The van der Waals surface area contributed by atoms with Gasteiger partial charge in [0.25, 0.3) is 0 Å². The standard InChI is InChI=1S/C34H36N12O/c1-43-21-27(20-39-43)25-7-11-29(12-8-25)46(34(47)37-18-24-5-3-2-4-6-24)30-13-9-28(10-14-30)41-33-36-19-26(17-35)32(42-33)44-15-16-45-31(22-44)38-23-40-45/h2-8,11-12,19-21,23,28,30H,9-10,13-16,18,22H2,1H3,(H,37,47)(H,36,41,42)/t28-,30-. The van der Waals surface area contributed by atoms with E-state index in [1.165, 1.54) is 0 Å². The molecule has 1 aliphatic carbocycles. The summed E-state index contributed by atoms with van der Waals surface area (Å²) in [6, 6.07) is 20.4. The lowest BCUT2D eigenvalue weighted by Crippen LogP contribution is -2.48. The van der Waals surface area contributed by atoms with Crippen LogP contribution in [0, 0.1) is 11.3 Å². The van der Waals surface area contributed by atoms with E-state index in [0.29, 0.717) is 43.5 Å². The average molecular weight is 629 g/mol. The van der Waals surface area contributed by atoms with Crippen molar-refractivity contribution in [3.05, 3.63) is 96.5 Å². The molecule has 2 N–H and O–H groups in total. The van der Waals surface area contributed by atoms with Gasteiger partial charge >= 0.3 is 6.03 Å². The van der Waals surface area contributed by atoms with Crippen molar-refractivity contribution in [3.63, 3.8) is 0 Å². The maximum Gasteiger partial charge on any atom is 0.322 e. The zero-order valence-corrected chi connectivity index (χ0v) is 26.2. The van der Waals surface area contributed by atoms with Gasteiger partial charge in [-0.1, -0.05) is 42.5 Å². The highest BCUT2D eigenvalue weighted by Gasteiger charge is 2.31. The van der Waals surface area contributed by atoms with Crippen LogP contribution in [0.3, 0.4) is 0 Å². The third-order valence-corrected chi connectivity index (χ3v) is 8.88. The molecule has 0 radical (unpaired) electrons. The average Bonchev–Trinajstić information content (AvgIpc) is 3.77. The van der Waals surface area contributed by atoms with E-state index in [0.717, 1.165) is 53.9 Å². The molecule has 0 unspecified atom stereocenters. The Morgan fingerprint density at radius 3 is 2.53 bits per heavy atom. The van der Waals surface area contributed by atoms with Crippen molar-refractivity contribution in [2.24, 2.45) is 7.05 Å². The third kappa shape index (κ3) is 6.62. The lowest BCUT2D eigenvalue weighted by Gasteiger charge is -2.37. The molecule has 0 atom stereocenters. The Hall–Kier alpha value is -5.77. The Balaban J connectivity index is 1.04. The maximum absolute atomic E-state index is 13.8. The fraction of sp³-hybridized carbons (Fsp3) is 0.324. The molecular weight excluding hydrogens is 592 g/mol. The van der Waals surface area contributed by atoms with Crippen LogP contribution in [0.15, 0.2) is 79.5 Å². The number of aromatic nitrogens is 7. The molecule has 1 saturated carbocycles. The van der Waals surface area contributed by atoms with E-state index >= 15 is 0 Å². The topological polar surface area (TPSA) is 146 Å². The molecule has 7 rings (SSSR count). The van der Waals surface area contributed by atoms with E-state index in [4.69, 9.17) is 4.98 Å². The lowest BCUT2D eigenvalue weighted by molar-refractivity contribution is 0.240. The predicted molar refractivity (Wildman–Crippen MR) is 177 cm³/mol. The normalized spacial score (nSPS) is 17.4. The highest BCUT2D eigenvalue weighted by Crippen LogP contribution is 2.31. The smallest absolute Gasteiger partial charge is 0.322 e. The van der Waals surface area contributed by atoms with Gasteiger partial charge in [-0.2, -0.15) is 20.4 Å². The van der Waals surface area contributed by atoms with Gasteiger partial charge in [-0.3, -0.25) is 9.58 Å². The van der Waals surface area contributed by atoms with Crippen LogP contribution < -0.4 is 20.4 Å². The number of nitrogens with zero attached hydrogens (tertiary/aromatic N) is 10. The van der Waals surface area contributed by atoms with Crippen LogP contribution in [-0.2, 0) is 26.7 Å². The number of rotatable bonds is 8. The van der Waals surface area contributed by atoms with E-state index in [1.54, 1.807) is 17.2 Å². The Morgan fingerprint density at radius 2 is 1.79 bits per heavy atom. The van der Waals surface area contributed by atoms with Crippen molar-refractivity contribution in [1.29, 1.82) is 5.26 Å². The Labute approximate surface area is 272 Å². The van der Waals surface area contributed by atoms with Crippen LogP contribution in [0.2, 0.25) is 0 Å². The summed E-state index contributed by atoms with van der Waals surface area (Å²) in [5.41, 5.74) is 4.42. The Morgan fingerprint density at radius 1 is 0.979 bits per heavy atom. The molecule has 0 saturated heterocycles. The van der Waals surface area contributed by atoms with Crippen molar-refractivity contribution in [3.8, 4) is 17.2 Å². The minimum Gasteiger partial charge on any atom is -0.351 e. The molecule has 13 heteroatoms. The first-order valence-corrected chi connectivity index (χ1v) is 15.9. The van der Waals surface area contributed by atoms with E-state index in [1.807, 2.05) is 83.6 Å². The summed E-state index contributed by atoms with van der Waals surface area (Å²) in [6.45, 7) is 2.34. The molecule has 5 aromatic rings. The van der Waals surface area contributed by atoms with Gasteiger partial charge in [0, 0.05) is 49.7 Å². The van der Waals surface area contributed by atoms with Gasteiger partial charge in [-0.25, -0.2) is 19.4 Å². The predicted octanol–water partition coefficient (Wildman–Crippen LogP) is 4.50. The van der Waals surface area contributed by atoms with Gasteiger partial charge in [-0.15, -0.1) is 0 Å². The van der Waals surface area contributed by atoms with Crippen molar-refractivity contribution < 1.29 is 4.79 Å². The Kier molecular flexibility index (Phi) is 8.46. The zero-order chi connectivity index (χ0) is 32.2. The second-order valence-electron chi connectivity index (χ2n) is 12.0. The van der Waals surface area contributed by atoms with Crippen molar-refractivity contribution in [2.45, 2.75) is 57.4 Å². The van der Waals surface area contributed by atoms with Crippen LogP contribution >= 0.6 is 0 Å². The summed E-state index contributed by atoms with van der Waals surface area (Å²) >= 11 is 0. The van der Waals surface area contributed by atoms with Gasteiger partial charge < -0.3 is 15.5 Å². The number of hydrogen-bond donors (Lipinski definition) is 2. The summed E-state index contributed by atoms with van der Waals surface area (Å²) in [7, 11) is 1.90. The molecule has 3 aromatic heterocycles. The minimum atomic E-state index is -0.114. The van der Waals surface area contributed by atoms with Crippen LogP contribution in [0.1, 0.15) is 42.6 Å². The fourth-order valence-corrected chi connectivity index (χ4v) is 6.40. The third-order valence-electron chi connectivity index (χ3n) is 8.88. The second-order valence-corrected chi connectivity index (χ2v) is 12.0. The molecular formula is C34H36N12O. The summed E-state index contributed by atoms with van der Waals surface area (Å²) in [5, 5.41) is 25.0. The monoisotopic (exact) mass is 628 g/mol. The van der Waals surface area contributed by atoms with Crippen molar-refractivity contribution >= 4 is 23.5 Å². The molecule has 2 aromatic carbocycles.